The van der Waals surface area contributed by atoms with Gasteiger partial charge in [0.15, 0.2) is 0 Å². The number of piperidine rings is 1. The quantitative estimate of drug-likeness (QED) is 0.198. The molecule has 3 amide bonds. The Hall–Kier alpha value is -2.79. The molecular weight excluding hydrogens is 518 g/mol. The molecule has 2 aliphatic rings. The zero-order valence-electron chi connectivity index (χ0n) is 22.6. The van der Waals surface area contributed by atoms with E-state index in [1.165, 1.54) is 35.5 Å². The number of anilines is 1. The van der Waals surface area contributed by atoms with Gasteiger partial charge in [-0.25, -0.2) is 9.59 Å². The molecule has 0 bridgehead atoms. The first-order valence-corrected chi connectivity index (χ1v) is 14.8. The number of benzene rings is 1. The summed E-state index contributed by atoms with van der Waals surface area (Å²) in [6.45, 7) is 5.60. The number of unbranched alkanes of at least 4 members (excludes halogenated alkanes) is 2. The maximum Gasteiger partial charge on any atom is 0.348 e. The van der Waals surface area contributed by atoms with Crippen molar-refractivity contribution in [3.8, 4) is 0 Å². The highest BCUT2D eigenvalue weighted by Crippen LogP contribution is 2.26. The molecule has 1 unspecified atom stereocenters. The molecule has 39 heavy (non-hydrogen) atoms. The number of ether oxygens (including phenoxy) is 2. The Morgan fingerprint density at radius 2 is 1.87 bits per heavy atom. The number of likely N-dealkylation sites (tertiary alicyclic amines) is 1. The zero-order chi connectivity index (χ0) is 27.6. The minimum absolute atomic E-state index is 0.00643. The van der Waals surface area contributed by atoms with Gasteiger partial charge in [0.25, 0.3) is 5.91 Å². The number of nitrogens with zero attached hydrogens (tertiary/aromatic N) is 2. The Balaban J connectivity index is 1.25. The van der Waals surface area contributed by atoms with E-state index in [9.17, 15) is 19.5 Å². The summed E-state index contributed by atoms with van der Waals surface area (Å²) in [7, 11) is 0. The lowest BCUT2D eigenvalue weighted by atomic mass is 10.0. The van der Waals surface area contributed by atoms with Gasteiger partial charge in [-0.2, -0.15) is 0 Å². The van der Waals surface area contributed by atoms with Gasteiger partial charge in [0.05, 0.1) is 19.3 Å². The molecule has 2 fully saturated rings. The van der Waals surface area contributed by atoms with Gasteiger partial charge >= 0.3 is 12.0 Å². The summed E-state index contributed by atoms with van der Waals surface area (Å²) in [5.41, 5.74) is 1.34. The lowest BCUT2D eigenvalue weighted by Crippen LogP contribution is -2.38. The SMILES string of the molecule is CCCCCC(O)c1ccc(N2C(=O)NC(=O)[C@@H]2COCc2ccc(C(=O)OCCN3CCCCC3)s2)cc1. The van der Waals surface area contributed by atoms with E-state index in [0.717, 1.165) is 49.3 Å². The molecule has 0 spiro atoms. The van der Waals surface area contributed by atoms with Crippen LogP contribution in [0.4, 0.5) is 10.5 Å². The first-order valence-electron chi connectivity index (χ1n) is 13.9. The number of amides is 3. The number of hydrogen-bond acceptors (Lipinski definition) is 8. The van der Waals surface area contributed by atoms with Crippen molar-refractivity contribution in [3.63, 3.8) is 0 Å². The Morgan fingerprint density at radius 3 is 2.62 bits per heavy atom. The number of rotatable bonds is 14. The van der Waals surface area contributed by atoms with Crippen LogP contribution in [0.5, 0.6) is 0 Å². The summed E-state index contributed by atoms with van der Waals surface area (Å²) in [4.78, 5) is 42.5. The second kappa shape index (κ2) is 14.6. The van der Waals surface area contributed by atoms with E-state index in [4.69, 9.17) is 9.47 Å². The molecule has 4 rings (SSSR count). The number of hydrogen-bond donors (Lipinski definition) is 2. The predicted octanol–water partition coefficient (Wildman–Crippen LogP) is 4.65. The van der Waals surface area contributed by atoms with Crippen molar-refractivity contribution in [2.24, 2.45) is 0 Å². The van der Waals surface area contributed by atoms with Crippen molar-refractivity contribution < 1.29 is 29.0 Å². The molecule has 2 aliphatic heterocycles. The minimum atomic E-state index is -0.808. The molecule has 2 aromatic rings. The molecule has 1 aromatic carbocycles. The van der Waals surface area contributed by atoms with Crippen LogP contribution in [0.2, 0.25) is 0 Å². The molecule has 2 atom stereocenters. The molecule has 1 aromatic heterocycles. The smallest absolute Gasteiger partial charge is 0.348 e. The van der Waals surface area contributed by atoms with Crippen LogP contribution >= 0.6 is 11.3 Å². The standard InChI is InChI=1S/C29H39N3O6S/c1-2-3-5-8-25(33)21-9-11-22(12-10-21)32-24(27(34)30-29(32)36)20-37-19-23-13-14-26(39-23)28(35)38-18-17-31-15-6-4-7-16-31/h9-14,24-25,33H,2-8,15-20H2,1H3,(H,30,34,36)/t24-,25?/m0/s1. The average Bonchev–Trinajstić information content (AvgIpc) is 3.53. The number of carbonyl (C=O) groups is 3. The third-order valence-electron chi connectivity index (χ3n) is 7.17. The van der Waals surface area contributed by atoms with E-state index >= 15 is 0 Å². The molecular formula is C29H39N3O6S. The Bertz CT molecular complexity index is 1100. The van der Waals surface area contributed by atoms with Crippen molar-refractivity contribution in [1.82, 2.24) is 10.2 Å². The van der Waals surface area contributed by atoms with Crippen molar-refractivity contribution >= 4 is 34.9 Å². The number of aliphatic hydroxyl groups is 1. The molecule has 0 saturated carbocycles. The van der Waals surface area contributed by atoms with Gasteiger partial charge in [0.2, 0.25) is 0 Å². The van der Waals surface area contributed by atoms with Gasteiger partial charge in [0.1, 0.15) is 17.5 Å². The van der Waals surface area contributed by atoms with Gasteiger partial charge in [-0.05, 0) is 62.2 Å². The monoisotopic (exact) mass is 557 g/mol. The number of thiophene rings is 1. The van der Waals surface area contributed by atoms with E-state index in [1.807, 2.05) is 6.07 Å². The summed E-state index contributed by atoms with van der Waals surface area (Å²) in [6, 6.07) is 9.29. The van der Waals surface area contributed by atoms with Gasteiger partial charge < -0.3 is 14.6 Å². The van der Waals surface area contributed by atoms with Crippen molar-refractivity contribution in [3.05, 3.63) is 51.7 Å². The maximum absolute atomic E-state index is 12.5. The van der Waals surface area contributed by atoms with Crippen LogP contribution in [0.3, 0.4) is 0 Å². The first-order chi connectivity index (χ1) is 19.0. The van der Waals surface area contributed by atoms with Gasteiger partial charge in [-0.1, -0.05) is 44.7 Å². The fourth-order valence-electron chi connectivity index (χ4n) is 4.92. The minimum Gasteiger partial charge on any atom is -0.460 e. The van der Waals surface area contributed by atoms with Crippen LogP contribution < -0.4 is 10.2 Å². The van der Waals surface area contributed by atoms with E-state index < -0.39 is 24.1 Å². The summed E-state index contributed by atoms with van der Waals surface area (Å²) in [5, 5.41) is 12.8. The highest BCUT2D eigenvalue weighted by atomic mass is 32.1. The maximum atomic E-state index is 12.5. The summed E-state index contributed by atoms with van der Waals surface area (Å²) < 4.78 is 11.2. The third kappa shape index (κ3) is 8.11. The fraction of sp³-hybridized carbons (Fsp3) is 0.552. The van der Waals surface area contributed by atoms with Gasteiger partial charge in [-0.15, -0.1) is 11.3 Å². The van der Waals surface area contributed by atoms with Crippen LogP contribution in [0.25, 0.3) is 0 Å². The first kappa shape index (κ1) is 29.2. The summed E-state index contributed by atoms with van der Waals surface area (Å²) in [6.07, 6.45) is 6.92. The lowest BCUT2D eigenvalue weighted by Gasteiger charge is -2.25. The topological polar surface area (TPSA) is 108 Å². The fourth-order valence-corrected chi connectivity index (χ4v) is 5.76. The molecule has 3 heterocycles. The lowest BCUT2D eigenvalue weighted by molar-refractivity contribution is -0.121. The number of carbonyl (C=O) groups excluding carboxylic acids is 3. The van der Waals surface area contributed by atoms with E-state index in [-0.39, 0.29) is 19.2 Å². The highest BCUT2D eigenvalue weighted by molar-refractivity contribution is 7.13. The molecule has 2 saturated heterocycles. The van der Waals surface area contributed by atoms with E-state index in [2.05, 4.69) is 17.1 Å². The van der Waals surface area contributed by atoms with Crippen molar-refractivity contribution in [1.29, 1.82) is 0 Å². The molecule has 0 radical (unpaired) electrons. The average molecular weight is 558 g/mol. The predicted molar refractivity (Wildman–Crippen MR) is 150 cm³/mol. The van der Waals surface area contributed by atoms with Crippen LogP contribution in [0.15, 0.2) is 36.4 Å². The number of imide groups is 1. The number of urea groups is 1. The van der Waals surface area contributed by atoms with Crippen LogP contribution in [-0.4, -0.2) is 66.8 Å². The van der Waals surface area contributed by atoms with Gasteiger partial charge in [-0.3, -0.25) is 19.9 Å². The molecule has 212 valence electrons. The Labute approximate surface area is 234 Å². The summed E-state index contributed by atoms with van der Waals surface area (Å²) >= 11 is 1.30. The largest absolute Gasteiger partial charge is 0.460 e. The normalized spacial score (nSPS) is 18.8. The molecule has 2 N–H and O–H groups in total. The highest BCUT2D eigenvalue weighted by Gasteiger charge is 2.39. The van der Waals surface area contributed by atoms with Gasteiger partial charge in [0, 0.05) is 17.1 Å². The Kier molecular flexibility index (Phi) is 10.9. The number of esters is 1. The van der Waals surface area contributed by atoms with Crippen LogP contribution in [0, 0.1) is 0 Å². The number of aliphatic hydroxyl groups excluding tert-OH is 1. The van der Waals surface area contributed by atoms with E-state index in [1.54, 1.807) is 30.3 Å². The van der Waals surface area contributed by atoms with Crippen molar-refractivity contribution in [2.75, 3.05) is 37.7 Å². The Morgan fingerprint density at radius 1 is 1.10 bits per heavy atom. The van der Waals surface area contributed by atoms with Crippen LogP contribution in [0.1, 0.15) is 78.1 Å². The molecule has 9 nitrogen and oxygen atoms in total. The second-order valence-electron chi connectivity index (χ2n) is 10.1. The summed E-state index contributed by atoms with van der Waals surface area (Å²) in [5.74, 6) is -0.762. The molecule has 10 heteroatoms. The third-order valence-corrected chi connectivity index (χ3v) is 8.21. The van der Waals surface area contributed by atoms with E-state index in [0.29, 0.717) is 23.6 Å². The van der Waals surface area contributed by atoms with Crippen LogP contribution in [-0.2, 0) is 20.9 Å². The number of nitrogens with one attached hydrogen (secondary N) is 1. The van der Waals surface area contributed by atoms with Crippen molar-refractivity contribution in [2.45, 2.75) is 70.6 Å². The molecule has 0 aliphatic carbocycles. The second-order valence-corrected chi connectivity index (χ2v) is 11.3. The zero-order valence-corrected chi connectivity index (χ0v) is 23.4.